The molecule has 0 spiro atoms. The van der Waals surface area contributed by atoms with Gasteiger partial charge in [0.1, 0.15) is 12.7 Å². The zero-order valence-corrected chi connectivity index (χ0v) is 12.7. The van der Waals surface area contributed by atoms with Gasteiger partial charge in [0.25, 0.3) is 0 Å². The summed E-state index contributed by atoms with van der Waals surface area (Å²) in [7, 11) is 0. The molecule has 0 bridgehead atoms. The van der Waals surface area contributed by atoms with Crippen molar-refractivity contribution in [3.8, 4) is 0 Å². The van der Waals surface area contributed by atoms with Crippen molar-refractivity contribution in [3.05, 3.63) is 84.1 Å². The molecule has 23 heavy (non-hydrogen) atoms. The lowest BCUT2D eigenvalue weighted by molar-refractivity contribution is 0.0788. The topological polar surface area (TPSA) is 47.6 Å². The Labute approximate surface area is 135 Å². The molecule has 0 saturated heterocycles. The molecule has 3 rings (SSSR count). The van der Waals surface area contributed by atoms with Crippen LogP contribution < -0.4 is 5.32 Å². The van der Waals surface area contributed by atoms with Gasteiger partial charge in [-0.3, -0.25) is 0 Å². The minimum Gasteiger partial charge on any atom is -0.491 e. The Balaban J connectivity index is 1.59. The molecule has 2 atom stereocenters. The fraction of sp³-hybridized carbons (Fsp3) is 0.211. The Morgan fingerprint density at radius 3 is 2.52 bits per heavy atom. The molecule has 118 valence electrons. The second kappa shape index (κ2) is 7.49. The number of hydrogen-bond acceptors (Lipinski definition) is 3. The molecule has 0 radical (unpaired) electrons. The van der Waals surface area contributed by atoms with Crippen molar-refractivity contribution in [2.75, 3.05) is 0 Å². The van der Waals surface area contributed by atoms with Crippen LogP contribution >= 0.6 is 0 Å². The van der Waals surface area contributed by atoms with Crippen molar-refractivity contribution < 1.29 is 14.3 Å². The van der Waals surface area contributed by atoms with Crippen molar-refractivity contribution >= 4 is 6.09 Å². The maximum absolute atomic E-state index is 12.0. The van der Waals surface area contributed by atoms with Gasteiger partial charge in [-0.05, 0) is 23.6 Å². The Hall–Kier alpha value is -2.75. The average molecular weight is 309 g/mol. The second-order valence-corrected chi connectivity index (χ2v) is 5.39. The fourth-order valence-corrected chi connectivity index (χ4v) is 2.57. The van der Waals surface area contributed by atoms with Crippen LogP contribution in [0.1, 0.15) is 23.7 Å². The summed E-state index contributed by atoms with van der Waals surface area (Å²) in [4.78, 5) is 12.0. The van der Waals surface area contributed by atoms with Gasteiger partial charge in [-0.15, -0.1) is 0 Å². The summed E-state index contributed by atoms with van der Waals surface area (Å²) >= 11 is 0. The lowest BCUT2D eigenvalue weighted by Crippen LogP contribution is -2.41. The molecule has 2 aromatic rings. The van der Waals surface area contributed by atoms with Crippen LogP contribution in [0.4, 0.5) is 4.79 Å². The molecule has 1 heterocycles. The third-order valence-electron chi connectivity index (χ3n) is 3.72. The first kappa shape index (κ1) is 15.2. The van der Waals surface area contributed by atoms with Gasteiger partial charge in [-0.2, -0.15) is 0 Å². The van der Waals surface area contributed by atoms with Gasteiger partial charge in [0.2, 0.25) is 0 Å². The Morgan fingerprint density at radius 2 is 1.78 bits per heavy atom. The summed E-state index contributed by atoms with van der Waals surface area (Å²) in [6.07, 6.45) is 3.66. The zero-order chi connectivity index (χ0) is 15.9. The number of carbonyl (C=O) groups excluding carboxylic acids is 1. The van der Waals surface area contributed by atoms with Gasteiger partial charge in [0, 0.05) is 0 Å². The molecular weight excluding hydrogens is 290 g/mol. The van der Waals surface area contributed by atoms with E-state index in [-0.39, 0.29) is 18.8 Å². The summed E-state index contributed by atoms with van der Waals surface area (Å²) in [5.74, 6) is 0. The second-order valence-electron chi connectivity index (χ2n) is 5.39. The predicted molar refractivity (Wildman–Crippen MR) is 87.6 cm³/mol. The van der Waals surface area contributed by atoms with Crippen molar-refractivity contribution in [2.24, 2.45) is 0 Å². The maximum atomic E-state index is 12.0. The van der Waals surface area contributed by atoms with Crippen molar-refractivity contribution in [3.63, 3.8) is 0 Å². The van der Waals surface area contributed by atoms with E-state index in [9.17, 15) is 4.79 Å². The quantitative estimate of drug-likeness (QED) is 0.930. The Morgan fingerprint density at radius 1 is 1.09 bits per heavy atom. The van der Waals surface area contributed by atoms with E-state index in [0.29, 0.717) is 6.42 Å². The molecular formula is C19H19NO3. The molecule has 0 saturated carbocycles. The number of benzene rings is 2. The van der Waals surface area contributed by atoms with Gasteiger partial charge in [-0.25, -0.2) is 4.79 Å². The highest BCUT2D eigenvalue weighted by atomic mass is 16.5. The SMILES string of the molecule is O=C(N[C@H]1CC=CO[C@@H]1c1ccccc1)OCc1ccccc1. The van der Waals surface area contributed by atoms with Crippen LogP contribution in [-0.4, -0.2) is 12.1 Å². The highest BCUT2D eigenvalue weighted by Gasteiger charge is 2.27. The van der Waals surface area contributed by atoms with E-state index in [2.05, 4.69) is 5.32 Å². The number of ether oxygens (including phenoxy) is 2. The van der Waals surface area contributed by atoms with Crippen molar-refractivity contribution in [2.45, 2.75) is 25.2 Å². The molecule has 1 N–H and O–H groups in total. The number of rotatable bonds is 4. The maximum Gasteiger partial charge on any atom is 0.407 e. The standard InChI is InChI=1S/C19H19NO3/c21-19(23-14-15-8-3-1-4-9-15)20-17-12-7-13-22-18(17)16-10-5-2-6-11-16/h1-11,13,17-18H,12,14H2,(H,20,21)/t17-,18+/m0/s1. The first-order chi connectivity index (χ1) is 11.3. The molecule has 0 fully saturated rings. The van der Waals surface area contributed by atoms with E-state index in [1.165, 1.54) is 0 Å². The summed E-state index contributed by atoms with van der Waals surface area (Å²) in [6.45, 7) is 0.256. The normalized spacial score (nSPS) is 19.7. The van der Waals surface area contributed by atoms with Crippen LogP contribution in [0.15, 0.2) is 73.0 Å². The molecule has 1 aliphatic rings. The molecule has 0 aromatic heterocycles. The molecule has 4 nitrogen and oxygen atoms in total. The summed E-state index contributed by atoms with van der Waals surface area (Å²) in [5, 5.41) is 2.90. The zero-order valence-electron chi connectivity index (χ0n) is 12.7. The number of alkyl carbamates (subject to hydrolysis) is 1. The first-order valence-corrected chi connectivity index (χ1v) is 7.65. The fourth-order valence-electron chi connectivity index (χ4n) is 2.57. The lowest BCUT2D eigenvalue weighted by atomic mass is 9.98. The van der Waals surface area contributed by atoms with Crippen molar-refractivity contribution in [1.82, 2.24) is 5.32 Å². The lowest BCUT2D eigenvalue weighted by Gasteiger charge is -2.29. The van der Waals surface area contributed by atoms with Crippen LogP contribution in [0, 0.1) is 0 Å². The first-order valence-electron chi connectivity index (χ1n) is 7.65. The van der Waals surface area contributed by atoms with Gasteiger partial charge < -0.3 is 14.8 Å². The molecule has 0 aliphatic carbocycles. The minimum atomic E-state index is -0.432. The summed E-state index contributed by atoms with van der Waals surface area (Å²) in [5.41, 5.74) is 1.99. The highest BCUT2D eigenvalue weighted by Crippen LogP contribution is 2.27. The monoisotopic (exact) mass is 309 g/mol. The number of nitrogens with one attached hydrogen (secondary N) is 1. The molecule has 2 aromatic carbocycles. The molecule has 1 aliphatic heterocycles. The van der Waals surface area contributed by atoms with Crippen LogP contribution in [-0.2, 0) is 16.1 Å². The summed E-state index contributed by atoms with van der Waals surface area (Å²) < 4.78 is 11.0. The van der Waals surface area contributed by atoms with Crippen LogP contribution in [0.3, 0.4) is 0 Å². The van der Waals surface area contributed by atoms with Crippen LogP contribution in [0.2, 0.25) is 0 Å². The summed E-state index contributed by atoms with van der Waals surface area (Å²) in [6, 6.07) is 19.3. The van der Waals surface area contributed by atoms with E-state index < -0.39 is 6.09 Å². The minimum absolute atomic E-state index is 0.148. The van der Waals surface area contributed by atoms with Crippen LogP contribution in [0.5, 0.6) is 0 Å². The third-order valence-corrected chi connectivity index (χ3v) is 3.72. The van der Waals surface area contributed by atoms with E-state index in [1.807, 2.05) is 66.7 Å². The van der Waals surface area contributed by atoms with Crippen LogP contribution in [0.25, 0.3) is 0 Å². The Bertz CT molecular complexity index is 655. The van der Waals surface area contributed by atoms with E-state index in [0.717, 1.165) is 11.1 Å². The highest BCUT2D eigenvalue weighted by molar-refractivity contribution is 5.67. The number of amides is 1. The molecule has 1 amide bonds. The van der Waals surface area contributed by atoms with Crippen molar-refractivity contribution in [1.29, 1.82) is 0 Å². The van der Waals surface area contributed by atoms with Gasteiger partial charge in [-0.1, -0.05) is 60.7 Å². The average Bonchev–Trinajstić information content (AvgIpc) is 2.62. The third kappa shape index (κ3) is 4.13. The predicted octanol–water partition coefficient (Wildman–Crippen LogP) is 3.96. The van der Waals surface area contributed by atoms with E-state index in [4.69, 9.17) is 9.47 Å². The largest absolute Gasteiger partial charge is 0.491 e. The van der Waals surface area contributed by atoms with E-state index >= 15 is 0 Å². The number of carbonyl (C=O) groups is 1. The van der Waals surface area contributed by atoms with E-state index in [1.54, 1.807) is 6.26 Å². The molecule has 4 heteroatoms. The molecule has 0 unspecified atom stereocenters. The van der Waals surface area contributed by atoms with Gasteiger partial charge >= 0.3 is 6.09 Å². The van der Waals surface area contributed by atoms with Gasteiger partial charge in [0.15, 0.2) is 0 Å². The van der Waals surface area contributed by atoms with Gasteiger partial charge in [0.05, 0.1) is 12.3 Å². The number of hydrogen-bond donors (Lipinski definition) is 1. The Kier molecular flexibility index (Phi) is 4.94. The smallest absolute Gasteiger partial charge is 0.407 e.